The summed E-state index contributed by atoms with van der Waals surface area (Å²) in [5.74, 6) is -0.203. The van der Waals surface area contributed by atoms with Gasteiger partial charge in [-0.25, -0.2) is 26.4 Å². The maximum absolute atomic E-state index is 12.7. The van der Waals surface area contributed by atoms with Crippen LogP contribution >= 0.6 is 0 Å². The highest BCUT2D eigenvalue weighted by atomic mass is 32.2. The molecule has 2 aromatic carbocycles. The molecule has 9 nitrogen and oxygen atoms in total. The zero-order chi connectivity index (χ0) is 23.2. The van der Waals surface area contributed by atoms with E-state index in [4.69, 9.17) is 4.74 Å². The average molecular weight is 483 g/mol. The van der Waals surface area contributed by atoms with Gasteiger partial charge in [-0.2, -0.15) is 4.31 Å². The van der Waals surface area contributed by atoms with Gasteiger partial charge in [0.05, 0.1) is 22.5 Å². The third-order valence-corrected chi connectivity index (χ3v) is 8.38. The SMILES string of the molecule is COC(=O)c1cccc(S(=O)(=O)NCCOc2ccc(S(=O)(=O)N3CCCCC3)cc2)c1. The molecule has 32 heavy (non-hydrogen) atoms. The van der Waals surface area contributed by atoms with Crippen molar-refractivity contribution in [1.82, 2.24) is 9.03 Å². The molecule has 0 atom stereocenters. The van der Waals surface area contributed by atoms with Gasteiger partial charge in [0, 0.05) is 19.6 Å². The number of methoxy groups -OCH3 is 1. The van der Waals surface area contributed by atoms with E-state index in [1.807, 2.05) is 0 Å². The monoisotopic (exact) mass is 482 g/mol. The Balaban J connectivity index is 1.54. The van der Waals surface area contributed by atoms with Crippen molar-refractivity contribution in [2.45, 2.75) is 29.1 Å². The van der Waals surface area contributed by atoms with E-state index in [0.717, 1.165) is 19.3 Å². The van der Waals surface area contributed by atoms with Gasteiger partial charge in [-0.1, -0.05) is 12.5 Å². The number of esters is 1. The molecule has 0 bridgehead atoms. The topological polar surface area (TPSA) is 119 Å². The summed E-state index contributed by atoms with van der Waals surface area (Å²) in [5, 5.41) is 0. The molecule has 2 aromatic rings. The number of carbonyl (C=O) groups is 1. The Morgan fingerprint density at radius 1 is 0.969 bits per heavy atom. The molecule has 0 aliphatic carbocycles. The van der Waals surface area contributed by atoms with Crippen molar-refractivity contribution in [3.8, 4) is 5.75 Å². The lowest BCUT2D eigenvalue weighted by molar-refractivity contribution is 0.0600. The van der Waals surface area contributed by atoms with E-state index >= 15 is 0 Å². The zero-order valence-corrected chi connectivity index (χ0v) is 19.3. The first-order chi connectivity index (χ1) is 15.2. The van der Waals surface area contributed by atoms with Crippen LogP contribution in [0.5, 0.6) is 5.75 Å². The first kappa shape index (κ1) is 24.2. The van der Waals surface area contributed by atoms with Gasteiger partial charge in [0.15, 0.2) is 0 Å². The van der Waals surface area contributed by atoms with Crippen LogP contribution in [-0.4, -0.2) is 60.5 Å². The fourth-order valence-corrected chi connectivity index (χ4v) is 5.87. The van der Waals surface area contributed by atoms with Crippen molar-refractivity contribution in [2.24, 2.45) is 0 Å². The highest BCUT2D eigenvalue weighted by molar-refractivity contribution is 7.89. The first-order valence-electron chi connectivity index (χ1n) is 10.1. The summed E-state index contributed by atoms with van der Waals surface area (Å²) >= 11 is 0. The van der Waals surface area contributed by atoms with Gasteiger partial charge >= 0.3 is 5.97 Å². The summed E-state index contributed by atoms with van der Waals surface area (Å²) in [7, 11) is -6.14. The molecule has 1 heterocycles. The van der Waals surface area contributed by atoms with Crippen molar-refractivity contribution >= 4 is 26.0 Å². The Hall–Kier alpha value is -2.47. The third kappa shape index (κ3) is 5.85. The molecule has 1 N–H and O–H groups in total. The second kappa shape index (κ2) is 10.4. The van der Waals surface area contributed by atoms with Crippen LogP contribution in [0.25, 0.3) is 0 Å². The molecule has 0 amide bonds. The molecule has 1 saturated heterocycles. The number of ether oxygens (including phenoxy) is 2. The smallest absolute Gasteiger partial charge is 0.337 e. The van der Waals surface area contributed by atoms with Crippen molar-refractivity contribution in [3.05, 3.63) is 54.1 Å². The number of hydrogen-bond donors (Lipinski definition) is 1. The number of piperidine rings is 1. The van der Waals surface area contributed by atoms with Crippen molar-refractivity contribution in [2.75, 3.05) is 33.4 Å². The average Bonchev–Trinajstić information content (AvgIpc) is 2.82. The number of nitrogens with zero attached hydrogens (tertiary/aromatic N) is 1. The highest BCUT2D eigenvalue weighted by Crippen LogP contribution is 2.22. The van der Waals surface area contributed by atoms with Gasteiger partial charge in [0.2, 0.25) is 20.0 Å². The Bertz CT molecular complexity index is 1140. The summed E-state index contributed by atoms with van der Waals surface area (Å²) in [5.41, 5.74) is 0.131. The van der Waals surface area contributed by atoms with E-state index in [1.165, 1.54) is 47.8 Å². The second-order valence-electron chi connectivity index (χ2n) is 7.20. The summed E-state index contributed by atoms with van der Waals surface area (Å²) < 4.78 is 64.2. The minimum atomic E-state index is -3.84. The van der Waals surface area contributed by atoms with Crippen LogP contribution in [0.3, 0.4) is 0 Å². The Kier molecular flexibility index (Phi) is 7.88. The molecule has 174 valence electrons. The lowest BCUT2D eigenvalue weighted by atomic mass is 10.2. The summed E-state index contributed by atoms with van der Waals surface area (Å²) in [4.78, 5) is 11.7. The number of hydrogen-bond acceptors (Lipinski definition) is 7. The van der Waals surface area contributed by atoms with Gasteiger partial charge in [0.25, 0.3) is 0 Å². The third-order valence-electron chi connectivity index (χ3n) is 5.00. The van der Waals surface area contributed by atoms with E-state index in [2.05, 4.69) is 9.46 Å². The largest absolute Gasteiger partial charge is 0.492 e. The molecule has 1 aliphatic rings. The Labute approximate surface area is 188 Å². The van der Waals surface area contributed by atoms with E-state index in [9.17, 15) is 21.6 Å². The highest BCUT2D eigenvalue weighted by Gasteiger charge is 2.25. The van der Waals surface area contributed by atoms with Crippen LogP contribution in [-0.2, 0) is 24.8 Å². The normalized spacial score (nSPS) is 15.3. The minimum Gasteiger partial charge on any atom is -0.492 e. The Morgan fingerprint density at radius 3 is 2.31 bits per heavy atom. The second-order valence-corrected chi connectivity index (χ2v) is 10.9. The van der Waals surface area contributed by atoms with Crippen LogP contribution in [0.4, 0.5) is 0 Å². The predicted octanol–water partition coefficient (Wildman–Crippen LogP) is 2.01. The van der Waals surface area contributed by atoms with Gasteiger partial charge in [0.1, 0.15) is 12.4 Å². The number of benzene rings is 2. The first-order valence-corrected chi connectivity index (χ1v) is 13.1. The molecule has 1 aliphatic heterocycles. The molecule has 0 saturated carbocycles. The predicted molar refractivity (Wildman–Crippen MR) is 118 cm³/mol. The van der Waals surface area contributed by atoms with E-state index < -0.39 is 26.0 Å². The van der Waals surface area contributed by atoms with E-state index in [1.54, 1.807) is 12.1 Å². The molecule has 11 heteroatoms. The minimum absolute atomic E-state index is 0.0153. The van der Waals surface area contributed by atoms with Crippen LogP contribution in [0.2, 0.25) is 0 Å². The molecule has 0 radical (unpaired) electrons. The van der Waals surface area contributed by atoms with Gasteiger partial charge < -0.3 is 9.47 Å². The molecule has 0 spiro atoms. The maximum Gasteiger partial charge on any atom is 0.337 e. The standard InChI is InChI=1S/C21H26N2O7S2/c1-29-21(24)17-6-5-7-20(16-17)31(25,26)22-12-15-30-18-8-10-19(11-9-18)32(27,28)23-13-3-2-4-14-23/h5-11,16,22H,2-4,12-15H2,1H3. The quantitative estimate of drug-likeness (QED) is 0.429. The summed E-state index contributed by atoms with van der Waals surface area (Å²) in [6.45, 7) is 1.08. The number of nitrogens with one attached hydrogen (secondary N) is 1. The molecule has 3 rings (SSSR count). The van der Waals surface area contributed by atoms with Crippen molar-refractivity contribution < 1.29 is 31.1 Å². The van der Waals surface area contributed by atoms with Crippen LogP contribution < -0.4 is 9.46 Å². The van der Waals surface area contributed by atoms with E-state index in [0.29, 0.717) is 18.8 Å². The maximum atomic E-state index is 12.7. The summed E-state index contributed by atoms with van der Waals surface area (Å²) in [6, 6.07) is 11.6. The van der Waals surface area contributed by atoms with Gasteiger partial charge in [-0.05, 0) is 55.3 Å². The molecular formula is C21H26N2O7S2. The van der Waals surface area contributed by atoms with Gasteiger partial charge in [-0.15, -0.1) is 0 Å². The lowest BCUT2D eigenvalue weighted by Crippen LogP contribution is -2.35. The summed E-state index contributed by atoms with van der Waals surface area (Å²) in [6.07, 6.45) is 2.77. The number of carbonyl (C=O) groups excluding carboxylic acids is 1. The molecular weight excluding hydrogens is 456 g/mol. The molecule has 0 unspecified atom stereocenters. The molecule has 0 aromatic heterocycles. The van der Waals surface area contributed by atoms with E-state index in [-0.39, 0.29) is 28.5 Å². The van der Waals surface area contributed by atoms with Gasteiger partial charge in [-0.3, -0.25) is 0 Å². The number of sulfonamides is 2. The number of rotatable bonds is 9. The van der Waals surface area contributed by atoms with Crippen molar-refractivity contribution in [1.29, 1.82) is 0 Å². The fourth-order valence-electron chi connectivity index (χ4n) is 3.30. The lowest BCUT2D eigenvalue weighted by Gasteiger charge is -2.25. The fraction of sp³-hybridized carbons (Fsp3) is 0.381. The Morgan fingerprint density at radius 2 is 1.66 bits per heavy atom. The van der Waals surface area contributed by atoms with Crippen molar-refractivity contribution in [3.63, 3.8) is 0 Å². The molecule has 1 fully saturated rings. The van der Waals surface area contributed by atoms with Crippen LogP contribution in [0.15, 0.2) is 58.3 Å². The van der Waals surface area contributed by atoms with Crippen LogP contribution in [0.1, 0.15) is 29.6 Å². The van der Waals surface area contributed by atoms with Crippen LogP contribution in [0, 0.1) is 0 Å². The zero-order valence-electron chi connectivity index (χ0n) is 17.7.